The molecule has 1 heterocycles. The highest BCUT2D eigenvalue weighted by Gasteiger charge is 2.26. The molecule has 19 heavy (non-hydrogen) atoms. The molecular weight excluding hydrogens is 258 g/mol. The average molecular weight is 275 g/mol. The lowest BCUT2D eigenvalue weighted by molar-refractivity contribution is -0.140. The Hall–Kier alpha value is -2.16. The summed E-state index contributed by atoms with van der Waals surface area (Å²) in [7, 11) is 0. The van der Waals surface area contributed by atoms with Gasteiger partial charge in [-0.15, -0.1) is 0 Å². The van der Waals surface area contributed by atoms with E-state index >= 15 is 0 Å². The molecule has 0 spiro atoms. The summed E-state index contributed by atoms with van der Waals surface area (Å²) in [6, 6.07) is -1.62. The fourth-order valence-corrected chi connectivity index (χ4v) is 1.22. The fraction of sp³-hybridized carbons (Fsp3) is 0.600. The highest BCUT2D eigenvalue weighted by molar-refractivity contribution is 5.87. The molecule has 1 unspecified atom stereocenters. The second-order valence-electron chi connectivity index (χ2n) is 3.95. The lowest BCUT2D eigenvalue weighted by Crippen LogP contribution is -2.32. The molecule has 0 aromatic heterocycles. The van der Waals surface area contributed by atoms with Gasteiger partial charge in [-0.25, -0.2) is 4.79 Å². The summed E-state index contributed by atoms with van der Waals surface area (Å²) in [5.41, 5.74) is 9.81. The van der Waals surface area contributed by atoms with Crippen LogP contribution in [0.15, 0.2) is 0 Å². The van der Waals surface area contributed by atoms with E-state index in [1.165, 1.54) is 0 Å². The van der Waals surface area contributed by atoms with Crippen molar-refractivity contribution >= 4 is 23.8 Å². The molecule has 0 aliphatic carbocycles. The zero-order valence-corrected chi connectivity index (χ0v) is 10.2. The molecule has 2 atom stereocenters. The van der Waals surface area contributed by atoms with Gasteiger partial charge in [0.15, 0.2) is 0 Å². The van der Waals surface area contributed by atoms with Crippen molar-refractivity contribution in [2.75, 3.05) is 0 Å². The number of carbonyl (C=O) groups excluding carboxylic acids is 2. The maximum atomic E-state index is 10.4. The van der Waals surface area contributed by atoms with Crippen LogP contribution in [-0.2, 0) is 19.2 Å². The summed E-state index contributed by atoms with van der Waals surface area (Å²) >= 11 is 0. The third kappa shape index (κ3) is 7.71. The summed E-state index contributed by atoms with van der Waals surface area (Å²) in [6.45, 7) is 0. The quantitative estimate of drug-likeness (QED) is 0.386. The smallest absolute Gasteiger partial charge is 0.326 e. The Labute approximate surface area is 108 Å². The van der Waals surface area contributed by atoms with Crippen LogP contribution in [0.1, 0.15) is 25.7 Å². The van der Waals surface area contributed by atoms with Crippen LogP contribution in [0.25, 0.3) is 0 Å². The molecule has 2 amide bonds. The van der Waals surface area contributed by atoms with Crippen LogP contribution in [0, 0.1) is 0 Å². The van der Waals surface area contributed by atoms with Crippen LogP contribution >= 0.6 is 0 Å². The summed E-state index contributed by atoms with van der Waals surface area (Å²) in [6.07, 6.45) is 0.892. The van der Waals surface area contributed by atoms with E-state index in [2.05, 4.69) is 5.32 Å². The Balaban J connectivity index is 0.000000342. The molecular formula is C10H17N3O6. The predicted molar refractivity (Wildman–Crippen MR) is 62.8 cm³/mol. The molecule has 0 radical (unpaired) electrons. The molecule has 1 aliphatic rings. The largest absolute Gasteiger partial charge is 0.480 e. The molecule has 0 aromatic carbocycles. The number of carboxylic acid groups (broad SMARTS) is 2. The van der Waals surface area contributed by atoms with Crippen LogP contribution in [0.3, 0.4) is 0 Å². The summed E-state index contributed by atoms with van der Waals surface area (Å²) in [4.78, 5) is 40.7. The maximum Gasteiger partial charge on any atom is 0.326 e. The third-order valence-corrected chi connectivity index (χ3v) is 2.31. The van der Waals surface area contributed by atoms with Crippen molar-refractivity contribution in [1.82, 2.24) is 5.32 Å². The average Bonchev–Trinajstić information content (AvgIpc) is 2.73. The predicted octanol–water partition coefficient (Wildman–Crippen LogP) is -1.99. The van der Waals surface area contributed by atoms with Gasteiger partial charge in [-0.05, 0) is 12.8 Å². The Bertz CT molecular complexity index is 370. The molecule has 0 aromatic rings. The molecule has 1 saturated heterocycles. The van der Waals surface area contributed by atoms with Crippen LogP contribution in [-0.4, -0.2) is 46.0 Å². The zero-order chi connectivity index (χ0) is 15.0. The van der Waals surface area contributed by atoms with Gasteiger partial charge in [0.2, 0.25) is 11.8 Å². The standard InChI is InChI=1S/C5H10N2O3.C5H7NO3/c6-3(5(9)10)1-2-4(7)8;7-4-2-1-3(6-4)5(8)9/h3H,1-2,6H2,(H2,7,8)(H,9,10);3H,1-2H2,(H,6,7)(H,8,9)/t;3-/m.0/s1. The molecule has 1 aliphatic heterocycles. The first-order valence-corrected chi connectivity index (χ1v) is 5.53. The number of nitrogens with one attached hydrogen (secondary N) is 1. The van der Waals surface area contributed by atoms with E-state index in [1.54, 1.807) is 0 Å². The lowest BCUT2D eigenvalue weighted by Gasteiger charge is -2.01. The first kappa shape index (κ1) is 16.8. The second kappa shape index (κ2) is 8.03. The van der Waals surface area contributed by atoms with E-state index in [-0.39, 0.29) is 18.7 Å². The number of primary amides is 1. The molecule has 108 valence electrons. The van der Waals surface area contributed by atoms with Crippen molar-refractivity contribution in [2.45, 2.75) is 37.8 Å². The van der Waals surface area contributed by atoms with Crippen LogP contribution in [0.4, 0.5) is 0 Å². The van der Waals surface area contributed by atoms with Crippen molar-refractivity contribution in [3.63, 3.8) is 0 Å². The molecule has 0 bridgehead atoms. The van der Waals surface area contributed by atoms with Crippen molar-refractivity contribution in [1.29, 1.82) is 0 Å². The van der Waals surface area contributed by atoms with E-state index in [0.717, 1.165) is 0 Å². The number of hydrogen-bond acceptors (Lipinski definition) is 5. The molecule has 9 heteroatoms. The maximum absolute atomic E-state index is 10.4. The number of rotatable bonds is 5. The van der Waals surface area contributed by atoms with Crippen molar-refractivity contribution in [3.05, 3.63) is 0 Å². The summed E-state index contributed by atoms with van der Waals surface area (Å²) in [5.74, 6) is -2.75. The number of hydrogen-bond donors (Lipinski definition) is 5. The monoisotopic (exact) mass is 275 g/mol. The lowest BCUT2D eigenvalue weighted by atomic mass is 10.2. The zero-order valence-electron chi connectivity index (χ0n) is 10.2. The third-order valence-electron chi connectivity index (χ3n) is 2.31. The van der Waals surface area contributed by atoms with Gasteiger partial charge in [0, 0.05) is 12.8 Å². The first-order chi connectivity index (χ1) is 8.73. The number of aliphatic carboxylic acids is 2. The van der Waals surface area contributed by atoms with E-state index in [4.69, 9.17) is 21.7 Å². The second-order valence-corrected chi connectivity index (χ2v) is 3.95. The Morgan fingerprint density at radius 3 is 2.21 bits per heavy atom. The minimum atomic E-state index is -1.11. The molecule has 9 nitrogen and oxygen atoms in total. The van der Waals surface area contributed by atoms with Crippen molar-refractivity contribution in [3.8, 4) is 0 Å². The van der Waals surface area contributed by atoms with Gasteiger partial charge in [-0.3, -0.25) is 14.4 Å². The molecule has 1 fully saturated rings. The topological polar surface area (TPSA) is 173 Å². The van der Waals surface area contributed by atoms with E-state index in [1.807, 2.05) is 0 Å². The molecule has 7 N–H and O–H groups in total. The van der Waals surface area contributed by atoms with Gasteiger partial charge >= 0.3 is 11.9 Å². The number of carbonyl (C=O) groups is 4. The Morgan fingerprint density at radius 2 is 1.95 bits per heavy atom. The normalized spacial score (nSPS) is 18.8. The molecule has 0 saturated carbocycles. The van der Waals surface area contributed by atoms with Gasteiger partial charge in [-0.1, -0.05) is 0 Å². The van der Waals surface area contributed by atoms with E-state index in [9.17, 15) is 19.2 Å². The van der Waals surface area contributed by atoms with Crippen LogP contribution in [0.5, 0.6) is 0 Å². The number of nitrogens with two attached hydrogens (primary N) is 2. The van der Waals surface area contributed by atoms with Gasteiger partial charge in [-0.2, -0.15) is 0 Å². The Kier molecular flexibility index (Phi) is 7.12. The first-order valence-electron chi connectivity index (χ1n) is 5.53. The highest BCUT2D eigenvalue weighted by atomic mass is 16.4. The van der Waals surface area contributed by atoms with Gasteiger partial charge in [0.05, 0.1) is 0 Å². The Morgan fingerprint density at radius 1 is 1.37 bits per heavy atom. The highest BCUT2D eigenvalue weighted by Crippen LogP contribution is 2.05. The molecule has 1 rings (SSSR count). The van der Waals surface area contributed by atoms with E-state index < -0.39 is 29.9 Å². The summed E-state index contributed by atoms with van der Waals surface area (Å²) < 4.78 is 0. The minimum Gasteiger partial charge on any atom is -0.480 e. The van der Waals surface area contributed by atoms with Crippen LogP contribution < -0.4 is 16.8 Å². The SMILES string of the molecule is NC(=O)CCC(N)C(=O)O.O=C1CC[C@@H](C(=O)O)N1. The summed E-state index contributed by atoms with van der Waals surface area (Å²) in [5, 5.41) is 18.8. The van der Waals surface area contributed by atoms with Gasteiger partial charge in [0.1, 0.15) is 12.1 Å². The number of carboxylic acids is 2. The van der Waals surface area contributed by atoms with Crippen LogP contribution in [0.2, 0.25) is 0 Å². The fourth-order valence-electron chi connectivity index (χ4n) is 1.22. The van der Waals surface area contributed by atoms with Gasteiger partial charge < -0.3 is 27.0 Å². The van der Waals surface area contributed by atoms with Crippen molar-refractivity contribution in [2.24, 2.45) is 11.5 Å². The minimum absolute atomic E-state index is 0.0213. The number of amides is 2. The van der Waals surface area contributed by atoms with Gasteiger partial charge in [0.25, 0.3) is 0 Å². The van der Waals surface area contributed by atoms with Crippen molar-refractivity contribution < 1.29 is 29.4 Å². The van der Waals surface area contributed by atoms with E-state index in [0.29, 0.717) is 12.8 Å².